The molecule has 0 saturated heterocycles. The third-order valence-corrected chi connectivity index (χ3v) is 6.57. The fourth-order valence-corrected chi connectivity index (χ4v) is 4.91. The summed E-state index contributed by atoms with van der Waals surface area (Å²) in [5.74, 6) is 0.0158. The Kier molecular flexibility index (Phi) is 6.05. The Balaban J connectivity index is 1.72. The van der Waals surface area contributed by atoms with E-state index in [0.717, 1.165) is 11.1 Å². The van der Waals surface area contributed by atoms with Crippen molar-refractivity contribution in [3.63, 3.8) is 0 Å². The second kappa shape index (κ2) is 8.67. The minimum Gasteiger partial charge on any atom is -0.496 e. The number of methoxy groups -OCH3 is 1. The molecule has 2 aromatic heterocycles. The number of thiophene rings is 1. The number of allylic oxidation sites excluding steroid dienone is 3. The van der Waals surface area contributed by atoms with Crippen LogP contribution in [0.1, 0.15) is 33.3 Å². The van der Waals surface area contributed by atoms with E-state index in [2.05, 4.69) is 23.3 Å². The molecular formula is C25H27FN2O4S. The first-order valence-electron chi connectivity index (χ1n) is 10.8. The molecule has 1 amide bonds. The zero-order chi connectivity index (χ0) is 23.9. The van der Waals surface area contributed by atoms with E-state index < -0.39 is 17.5 Å². The van der Waals surface area contributed by atoms with E-state index in [1.54, 1.807) is 0 Å². The number of hydrogen-bond acceptors (Lipinski definition) is 5. The number of fused-ring (bicyclic) bond motifs is 3. The minimum absolute atomic E-state index is 0.0694. The molecule has 0 spiro atoms. The largest absolute Gasteiger partial charge is 0.496 e. The van der Waals surface area contributed by atoms with Gasteiger partial charge in [0.1, 0.15) is 16.1 Å². The van der Waals surface area contributed by atoms with Gasteiger partial charge in [0.05, 0.1) is 12.6 Å². The van der Waals surface area contributed by atoms with Crippen LogP contribution in [0.15, 0.2) is 40.5 Å². The molecule has 1 aliphatic rings. The topological polar surface area (TPSA) is 80.4 Å². The number of H-pyrrole nitrogens is 1. The molecule has 0 bridgehead atoms. The monoisotopic (exact) mass is 470 g/mol. The zero-order valence-electron chi connectivity index (χ0n) is 19.2. The van der Waals surface area contributed by atoms with E-state index in [1.807, 2.05) is 44.4 Å². The third kappa shape index (κ3) is 4.53. The SMILES string of the molecule is COc1cc(F)c2[nH]c(=O)c3sccc3c2c1C1=CC(C)C(CNC(=O)OC(C)(C)C)C=C1. The number of alkyl carbamates (subject to hydrolysis) is 1. The number of benzene rings is 1. The van der Waals surface area contributed by atoms with Crippen LogP contribution >= 0.6 is 11.3 Å². The van der Waals surface area contributed by atoms with Gasteiger partial charge in [-0.1, -0.05) is 25.2 Å². The number of ether oxygens (including phenoxy) is 2. The van der Waals surface area contributed by atoms with Gasteiger partial charge in [-0.05, 0) is 43.7 Å². The molecule has 0 aliphatic heterocycles. The normalized spacial score (nSPS) is 18.4. The second-order valence-corrected chi connectivity index (χ2v) is 10.1. The lowest BCUT2D eigenvalue weighted by molar-refractivity contribution is 0.0520. The summed E-state index contributed by atoms with van der Waals surface area (Å²) in [7, 11) is 1.50. The van der Waals surface area contributed by atoms with Crippen LogP contribution in [0.25, 0.3) is 26.6 Å². The van der Waals surface area contributed by atoms with Crippen molar-refractivity contribution < 1.29 is 18.7 Å². The molecule has 3 aromatic rings. The summed E-state index contributed by atoms with van der Waals surface area (Å²) in [4.78, 5) is 27.2. The Morgan fingerprint density at radius 1 is 1.33 bits per heavy atom. The molecule has 8 heteroatoms. The molecule has 2 N–H and O–H groups in total. The molecule has 33 heavy (non-hydrogen) atoms. The highest BCUT2D eigenvalue weighted by atomic mass is 32.1. The third-order valence-electron chi connectivity index (χ3n) is 5.65. The smallest absolute Gasteiger partial charge is 0.407 e. The number of nitrogens with one attached hydrogen (secondary N) is 2. The van der Waals surface area contributed by atoms with Gasteiger partial charge in [-0.25, -0.2) is 9.18 Å². The van der Waals surface area contributed by atoms with Gasteiger partial charge in [-0.3, -0.25) is 4.79 Å². The highest BCUT2D eigenvalue weighted by Crippen LogP contribution is 2.41. The lowest BCUT2D eigenvalue weighted by atomic mass is 9.83. The molecule has 0 fully saturated rings. The van der Waals surface area contributed by atoms with E-state index in [-0.39, 0.29) is 22.9 Å². The van der Waals surface area contributed by atoms with Crippen molar-refractivity contribution in [2.75, 3.05) is 13.7 Å². The maximum atomic E-state index is 14.9. The molecule has 0 saturated carbocycles. The lowest BCUT2D eigenvalue weighted by Gasteiger charge is -2.26. The van der Waals surface area contributed by atoms with Crippen LogP contribution in [-0.2, 0) is 4.74 Å². The number of aromatic nitrogens is 1. The van der Waals surface area contributed by atoms with Crippen molar-refractivity contribution in [3.05, 3.63) is 57.5 Å². The summed E-state index contributed by atoms with van der Waals surface area (Å²) in [5.41, 5.74) is 0.904. The van der Waals surface area contributed by atoms with Crippen LogP contribution in [0.4, 0.5) is 9.18 Å². The Labute approximate surface area is 195 Å². The molecule has 1 aromatic carbocycles. The summed E-state index contributed by atoms with van der Waals surface area (Å²) in [6.07, 6.45) is 5.62. The highest BCUT2D eigenvalue weighted by molar-refractivity contribution is 7.17. The van der Waals surface area contributed by atoms with Gasteiger partial charge >= 0.3 is 6.09 Å². The average Bonchev–Trinajstić information content (AvgIpc) is 3.23. The molecule has 4 rings (SSSR count). The van der Waals surface area contributed by atoms with E-state index in [1.165, 1.54) is 24.5 Å². The maximum absolute atomic E-state index is 14.9. The van der Waals surface area contributed by atoms with Crippen molar-refractivity contribution in [1.29, 1.82) is 0 Å². The average molecular weight is 471 g/mol. The summed E-state index contributed by atoms with van der Waals surface area (Å²) in [6, 6.07) is 3.14. The molecule has 6 nitrogen and oxygen atoms in total. The second-order valence-electron chi connectivity index (χ2n) is 9.19. The number of halogens is 1. The molecule has 2 heterocycles. The molecular weight excluding hydrogens is 443 g/mol. The summed E-state index contributed by atoms with van der Waals surface area (Å²) in [6.45, 7) is 7.96. The standard InChI is InChI=1S/C25H27FN2O4S/c1-13-10-14(6-7-15(13)12-27-24(30)32-25(2,3)4)19-18(31-5)11-17(26)21-20(19)16-8-9-33-22(16)23(29)28-21/h6-11,13,15H,12H2,1-5H3,(H,27,30)(H,28,29). The number of carbonyl (C=O) groups is 1. The Morgan fingerprint density at radius 2 is 2.09 bits per heavy atom. The fourth-order valence-electron chi connectivity index (χ4n) is 4.12. The van der Waals surface area contributed by atoms with Crippen LogP contribution in [0.5, 0.6) is 5.75 Å². The number of aromatic amines is 1. The van der Waals surface area contributed by atoms with Crippen LogP contribution in [-0.4, -0.2) is 30.3 Å². The predicted octanol–water partition coefficient (Wildman–Crippen LogP) is 5.62. The van der Waals surface area contributed by atoms with Crippen molar-refractivity contribution in [1.82, 2.24) is 10.3 Å². The van der Waals surface area contributed by atoms with E-state index in [9.17, 15) is 14.0 Å². The lowest BCUT2D eigenvalue weighted by Crippen LogP contribution is -2.36. The van der Waals surface area contributed by atoms with Gasteiger partial charge in [0.15, 0.2) is 5.82 Å². The first-order valence-corrected chi connectivity index (χ1v) is 11.6. The van der Waals surface area contributed by atoms with Crippen molar-refractivity contribution in [2.45, 2.75) is 33.3 Å². The molecule has 0 radical (unpaired) electrons. The maximum Gasteiger partial charge on any atom is 0.407 e. The Bertz CT molecular complexity index is 1350. The fraction of sp³-hybridized carbons (Fsp3) is 0.360. The quantitative estimate of drug-likeness (QED) is 0.519. The molecule has 174 valence electrons. The number of carbonyl (C=O) groups excluding carboxylic acids is 1. The van der Waals surface area contributed by atoms with E-state index >= 15 is 0 Å². The van der Waals surface area contributed by atoms with Gasteiger partial charge in [0, 0.05) is 34.9 Å². The van der Waals surface area contributed by atoms with Crippen molar-refractivity contribution in [3.8, 4) is 5.75 Å². The van der Waals surface area contributed by atoms with Crippen LogP contribution in [0, 0.1) is 17.7 Å². The summed E-state index contributed by atoms with van der Waals surface area (Å²) >= 11 is 1.32. The first kappa shape index (κ1) is 23.0. The van der Waals surface area contributed by atoms with Gasteiger partial charge in [0.2, 0.25) is 0 Å². The van der Waals surface area contributed by atoms with Gasteiger partial charge in [0.25, 0.3) is 5.56 Å². The molecule has 2 atom stereocenters. The van der Waals surface area contributed by atoms with Gasteiger partial charge < -0.3 is 19.8 Å². The van der Waals surface area contributed by atoms with Gasteiger partial charge in [-0.15, -0.1) is 11.3 Å². The van der Waals surface area contributed by atoms with Crippen LogP contribution < -0.4 is 15.6 Å². The number of amides is 1. The number of hydrogen-bond donors (Lipinski definition) is 2. The predicted molar refractivity (Wildman–Crippen MR) is 130 cm³/mol. The highest BCUT2D eigenvalue weighted by Gasteiger charge is 2.25. The molecule has 1 aliphatic carbocycles. The van der Waals surface area contributed by atoms with E-state index in [4.69, 9.17) is 9.47 Å². The van der Waals surface area contributed by atoms with Gasteiger partial charge in [-0.2, -0.15) is 0 Å². The summed E-state index contributed by atoms with van der Waals surface area (Å²) < 4.78 is 26.3. The Hall–Kier alpha value is -3.13. The minimum atomic E-state index is -0.556. The van der Waals surface area contributed by atoms with Crippen molar-refractivity contribution in [2.24, 2.45) is 11.8 Å². The molecule has 2 unspecified atom stereocenters. The number of pyridine rings is 1. The summed E-state index contributed by atoms with van der Waals surface area (Å²) in [5, 5.41) is 5.97. The van der Waals surface area contributed by atoms with Crippen molar-refractivity contribution >= 4 is 44.0 Å². The van der Waals surface area contributed by atoms with E-state index in [0.29, 0.717) is 27.8 Å². The Morgan fingerprint density at radius 3 is 2.76 bits per heavy atom. The number of rotatable bonds is 4. The van der Waals surface area contributed by atoms with Crippen LogP contribution in [0.3, 0.4) is 0 Å². The first-order chi connectivity index (χ1) is 15.6. The van der Waals surface area contributed by atoms with Crippen LogP contribution in [0.2, 0.25) is 0 Å². The zero-order valence-corrected chi connectivity index (χ0v) is 20.1.